The van der Waals surface area contributed by atoms with Crippen molar-refractivity contribution in [3.05, 3.63) is 60.3 Å². The largest absolute Gasteiger partial charge is 0.472 e. The van der Waals surface area contributed by atoms with Crippen LogP contribution in [-0.4, -0.2) is 89.5 Å². The molecule has 1 fully saturated rings. The quantitative estimate of drug-likeness (QED) is 0.152. The molecule has 1 atom stereocenters. The van der Waals surface area contributed by atoms with Crippen molar-refractivity contribution in [1.82, 2.24) is 39.6 Å². The zero-order chi connectivity index (χ0) is 30.6. The molecule has 0 aliphatic carbocycles. The van der Waals surface area contributed by atoms with Gasteiger partial charge in [-0.05, 0) is 31.9 Å². The van der Waals surface area contributed by atoms with Gasteiger partial charge in [0, 0.05) is 61.8 Å². The molecule has 5 aromatic rings. The highest BCUT2D eigenvalue weighted by atomic mass is 16.5. The first kappa shape index (κ1) is 29.0. The summed E-state index contributed by atoms with van der Waals surface area (Å²) in [6.07, 6.45) is 7.51. The molecule has 0 radical (unpaired) electrons. The lowest BCUT2D eigenvalue weighted by atomic mass is 10.1. The molecule has 0 saturated carbocycles. The second-order valence-electron chi connectivity index (χ2n) is 10.8. The van der Waals surface area contributed by atoms with E-state index in [1.807, 2.05) is 51.4 Å². The molecule has 5 heterocycles. The maximum Gasteiger partial charge on any atom is 0.238 e. The average Bonchev–Trinajstić information content (AvgIpc) is 3.72. The van der Waals surface area contributed by atoms with Gasteiger partial charge in [0.25, 0.3) is 0 Å². The third kappa shape index (κ3) is 6.45. The van der Waals surface area contributed by atoms with Gasteiger partial charge in [0.1, 0.15) is 11.9 Å². The van der Waals surface area contributed by atoms with Crippen LogP contribution < -0.4 is 20.7 Å². The third-order valence-corrected chi connectivity index (χ3v) is 7.48. The molecule has 1 unspecified atom stereocenters. The number of ether oxygens (including phenoxy) is 1. The monoisotopic (exact) mass is 597 g/mol. The van der Waals surface area contributed by atoms with E-state index in [4.69, 9.17) is 14.8 Å². The molecule has 14 heteroatoms. The van der Waals surface area contributed by atoms with Crippen LogP contribution in [-0.2, 0) is 11.8 Å². The molecule has 228 valence electrons. The molecule has 0 spiro atoms. The topological polar surface area (TPSA) is 171 Å². The molecule has 44 heavy (non-hydrogen) atoms. The number of likely N-dealkylation sites (tertiary alicyclic amines) is 1. The Bertz CT molecular complexity index is 1760. The van der Waals surface area contributed by atoms with Crippen LogP contribution in [0.5, 0.6) is 5.88 Å². The van der Waals surface area contributed by atoms with Crippen LogP contribution in [0.3, 0.4) is 0 Å². The Morgan fingerprint density at radius 2 is 2.07 bits per heavy atom. The SMILES string of the molecule is Cc1cnc(Nc2cc(C)n(C)n2)nc1-c1c[nH]c2c(NC(=O)CN3CCC(Oc4cncc(NCCO)n4)C3)cccc12. The lowest BCUT2D eigenvalue weighted by Crippen LogP contribution is -2.33. The summed E-state index contributed by atoms with van der Waals surface area (Å²) in [6, 6.07) is 7.75. The number of aromatic amines is 1. The third-order valence-electron chi connectivity index (χ3n) is 7.48. The number of aliphatic hydroxyl groups is 1. The molecular formula is C30H35N11O3. The predicted molar refractivity (Wildman–Crippen MR) is 167 cm³/mol. The van der Waals surface area contributed by atoms with Crippen molar-refractivity contribution in [2.75, 3.05) is 48.7 Å². The van der Waals surface area contributed by atoms with Crippen molar-refractivity contribution in [3.8, 4) is 17.1 Å². The number of para-hydroxylation sites is 1. The first-order valence-electron chi connectivity index (χ1n) is 14.4. The summed E-state index contributed by atoms with van der Waals surface area (Å²) in [4.78, 5) is 36.3. The van der Waals surface area contributed by atoms with Gasteiger partial charge in [-0.15, -0.1) is 0 Å². The highest BCUT2D eigenvalue weighted by Gasteiger charge is 2.26. The van der Waals surface area contributed by atoms with E-state index in [0.29, 0.717) is 42.2 Å². The van der Waals surface area contributed by atoms with Gasteiger partial charge in [0.15, 0.2) is 5.82 Å². The van der Waals surface area contributed by atoms with Crippen molar-refractivity contribution < 1.29 is 14.6 Å². The summed E-state index contributed by atoms with van der Waals surface area (Å²) in [5, 5.41) is 23.6. The van der Waals surface area contributed by atoms with Crippen LogP contribution in [0.25, 0.3) is 22.2 Å². The standard InChI is InChI=1S/C30H35N11O3/c1-18-12-34-30(37-24-11-19(2)40(3)39-24)38-28(18)22-13-33-29-21(22)5-4-6-23(29)35-26(43)17-41-9-7-20(16-41)44-27-15-31-14-25(36-27)32-8-10-42/h4-6,11-15,20,33,42H,7-10,16-17H2,1-3H3,(H,32,36)(H,35,43)(H,34,37,38,39). The molecule has 1 saturated heterocycles. The first-order valence-corrected chi connectivity index (χ1v) is 14.4. The van der Waals surface area contributed by atoms with Gasteiger partial charge in [-0.3, -0.25) is 19.4 Å². The van der Waals surface area contributed by atoms with Crippen LogP contribution in [0.4, 0.5) is 23.3 Å². The summed E-state index contributed by atoms with van der Waals surface area (Å²) >= 11 is 0. The molecule has 1 aliphatic rings. The summed E-state index contributed by atoms with van der Waals surface area (Å²) in [5.41, 5.74) is 5.16. The van der Waals surface area contributed by atoms with E-state index in [9.17, 15) is 4.79 Å². The van der Waals surface area contributed by atoms with Gasteiger partial charge in [-0.1, -0.05) is 12.1 Å². The van der Waals surface area contributed by atoms with Crippen LogP contribution in [0.1, 0.15) is 17.7 Å². The minimum absolute atomic E-state index is 0.000819. The summed E-state index contributed by atoms with van der Waals surface area (Å²) in [6.45, 7) is 5.90. The number of carbonyl (C=O) groups is 1. The molecular weight excluding hydrogens is 562 g/mol. The number of anilines is 4. The van der Waals surface area contributed by atoms with E-state index >= 15 is 0 Å². The Labute approximate surface area is 253 Å². The fraction of sp³-hybridized carbons (Fsp3) is 0.333. The minimum Gasteiger partial charge on any atom is -0.472 e. The number of nitrogens with one attached hydrogen (secondary N) is 4. The smallest absolute Gasteiger partial charge is 0.238 e. The van der Waals surface area contributed by atoms with Gasteiger partial charge in [0.05, 0.1) is 42.4 Å². The lowest BCUT2D eigenvalue weighted by Gasteiger charge is -2.16. The van der Waals surface area contributed by atoms with Crippen molar-refractivity contribution in [2.24, 2.45) is 7.05 Å². The van der Waals surface area contributed by atoms with Gasteiger partial charge in [0.2, 0.25) is 17.7 Å². The number of hydrogen-bond donors (Lipinski definition) is 5. The van der Waals surface area contributed by atoms with Gasteiger partial charge < -0.3 is 30.8 Å². The maximum absolute atomic E-state index is 13.1. The number of aliphatic hydroxyl groups excluding tert-OH is 1. The van der Waals surface area contributed by atoms with E-state index in [1.165, 1.54) is 0 Å². The molecule has 6 rings (SSSR count). The first-order chi connectivity index (χ1) is 21.4. The Balaban J connectivity index is 1.10. The van der Waals surface area contributed by atoms with Crippen molar-refractivity contribution >= 4 is 40.1 Å². The van der Waals surface area contributed by atoms with E-state index in [2.05, 4.69) is 45.9 Å². The van der Waals surface area contributed by atoms with Crippen LogP contribution in [0.2, 0.25) is 0 Å². The number of fused-ring (bicyclic) bond motifs is 1. The minimum atomic E-state index is -0.111. The number of aromatic nitrogens is 7. The molecule has 1 amide bonds. The van der Waals surface area contributed by atoms with Gasteiger partial charge >= 0.3 is 0 Å². The number of carbonyl (C=O) groups excluding carboxylic acids is 1. The van der Waals surface area contributed by atoms with Crippen molar-refractivity contribution in [2.45, 2.75) is 26.4 Å². The number of hydrogen-bond acceptors (Lipinski definition) is 11. The number of benzene rings is 1. The molecule has 0 bridgehead atoms. The highest BCUT2D eigenvalue weighted by Crippen LogP contribution is 2.33. The fourth-order valence-corrected chi connectivity index (χ4v) is 5.24. The second-order valence-corrected chi connectivity index (χ2v) is 10.8. The Morgan fingerprint density at radius 1 is 1.18 bits per heavy atom. The summed E-state index contributed by atoms with van der Waals surface area (Å²) in [5.74, 6) is 1.97. The average molecular weight is 598 g/mol. The molecule has 14 nitrogen and oxygen atoms in total. The number of nitrogens with zero attached hydrogens (tertiary/aromatic N) is 7. The second kappa shape index (κ2) is 12.7. The number of H-pyrrole nitrogens is 1. The predicted octanol–water partition coefficient (Wildman–Crippen LogP) is 3.00. The van der Waals surface area contributed by atoms with E-state index in [1.54, 1.807) is 23.3 Å². The highest BCUT2D eigenvalue weighted by molar-refractivity contribution is 6.06. The van der Waals surface area contributed by atoms with E-state index in [-0.39, 0.29) is 25.2 Å². The normalized spacial score (nSPS) is 15.0. The molecule has 4 aromatic heterocycles. The Hall–Kier alpha value is -5.08. The summed E-state index contributed by atoms with van der Waals surface area (Å²) in [7, 11) is 1.89. The summed E-state index contributed by atoms with van der Waals surface area (Å²) < 4.78 is 7.80. The lowest BCUT2D eigenvalue weighted by molar-refractivity contribution is -0.117. The van der Waals surface area contributed by atoms with E-state index < -0.39 is 0 Å². The van der Waals surface area contributed by atoms with E-state index in [0.717, 1.165) is 46.4 Å². The zero-order valence-corrected chi connectivity index (χ0v) is 24.8. The Morgan fingerprint density at radius 3 is 2.89 bits per heavy atom. The fourth-order valence-electron chi connectivity index (χ4n) is 5.24. The number of aryl methyl sites for hydroxylation is 3. The number of amides is 1. The molecule has 5 N–H and O–H groups in total. The zero-order valence-electron chi connectivity index (χ0n) is 24.8. The Kier molecular flexibility index (Phi) is 8.34. The van der Waals surface area contributed by atoms with Crippen LogP contribution >= 0.6 is 0 Å². The molecule has 1 aromatic carbocycles. The van der Waals surface area contributed by atoms with Crippen molar-refractivity contribution in [1.29, 1.82) is 0 Å². The molecule has 1 aliphatic heterocycles. The maximum atomic E-state index is 13.1. The van der Waals surface area contributed by atoms with Crippen LogP contribution in [0, 0.1) is 13.8 Å². The van der Waals surface area contributed by atoms with Crippen molar-refractivity contribution in [3.63, 3.8) is 0 Å². The number of rotatable bonds is 11. The van der Waals surface area contributed by atoms with Gasteiger partial charge in [-0.25, -0.2) is 9.97 Å². The van der Waals surface area contributed by atoms with Gasteiger partial charge in [-0.2, -0.15) is 10.1 Å². The van der Waals surface area contributed by atoms with Crippen LogP contribution in [0.15, 0.2) is 49.1 Å².